The Bertz CT molecular complexity index is 334. The normalized spacial score (nSPS) is 21.4. The van der Waals surface area contributed by atoms with Gasteiger partial charge in [0.25, 0.3) is 0 Å². The molecule has 6 nitrogen and oxygen atoms in total. The maximum atomic E-state index is 12.2. The van der Waals surface area contributed by atoms with Gasteiger partial charge in [-0.25, -0.2) is 9.59 Å². The molecule has 0 aromatic heterocycles. The van der Waals surface area contributed by atoms with Gasteiger partial charge in [-0.05, 0) is 25.7 Å². The minimum absolute atomic E-state index is 0.0651. The summed E-state index contributed by atoms with van der Waals surface area (Å²) in [6.07, 6.45) is 7.62. The quantitative estimate of drug-likeness (QED) is 0.716. The highest BCUT2D eigenvalue weighted by Gasteiger charge is 2.25. The number of nitrogens with one attached hydrogen (secondary N) is 3. The molecule has 3 N–H and O–H groups in total. The number of urea groups is 2. The van der Waals surface area contributed by atoms with E-state index in [9.17, 15) is 9.59 Å². The minimum Gasteiger partial charge on any atom is -0.341 e. The van der Waals surface area contributed by atoms with Crippen LogP contribution in [0.1, 0.15) is 44.9 Å². The second-order valence-corrected chi connectivity index (χ2v) is 5.77. The van der Waals surface area contributed by atoms with Crippen molar-refractivity contribution in [1.29, 1.82) is 0 Å². The SMILES string of the molecule is CNC(=O)NC1CCN(C(=O)NC2CCCCC2)CC1. The summed E-state index contributed by atoms with van der Waals surface area (Å²) in [4.78, 5) is 25.3. The van der Waals surface area contributed by atoms with Crippen molar-refractivity contribution in [2.75, 3.05) is 20.1 Å². The molecule has 0 atom stereocenters. The third-order valence-corrected chi connectivity index (χ3v) is 4.28. The fraction of sp³-hybridized carbons (Fsp3) is 0.857. The molecule has 0 aromatic carbocycles. The average molecular weight is 282 g/mol. The van der Waals surface area contributed by atoms with Crippen molar-refractivity contribution < 1.29 is 9.59 Å². The van der Waals surface area contributed by atoms with E-state index in [1.54, 1.807) is 7.05 Å². The lowest BCUT2D eigenvalue weighted by Crippen LogP contribution is -2.52. The molecule has 4 amide bonds. The third-order valence-electron chi connectivity index (χ3n) is 4.28. The standard InChI is InChI=1S/C14H26N4O2/c1-15-13(19)16-12-7-9-18(10-8-12)14(20)17-11-5-3-2-4-6-11/h11-12H,2-10H2,1H3,(H,17,20)(H2,15,16,19). The van der Waals surface area contributed by atoms with Crippen LogP contribution in [0.5, 0.6) is 0 Å². The fourth-order valence-electron chi connectivity index (χ4n) is 3.00. The number of carbonyl (C=O) groups excluding carboxylic acids is 2. The van der Waals surface area contributed by atoms with Gasteiger partial charge in [-0.3, -0.25) is 0 Å². The van der Waals surface area contributed by atoms with E-state index in [0.29, 0.717) is 19.1 Å². The zero-order valence-corrected chi connectivity index (χ0v) is 12.3. The van der Waals surface area contributed by atoms with E-state index in [4.69, 9.17) is 0 Å². The lowest BCUT2D eigenvalue weighted by molar-refractivity contribution is 0.170. The molecule has 1 aliphatic carbocycles. The van der Waals surface area contributed by atoms with Crippen LogP contribution in [-0.2, 0) is 0 Å². The highest BCUT2D eigenvalue weighted by molar-refractivity contribution is 5.75. The van der Waals surface area contributed by atoms with Gasteiger partial charge in [0, 0.05) is 32.2 Å². The zero-order valence-electron chi connectivity index (χ0n) is 12.3. The first-order valence-corrected chi connectivity index (χ1v) is 7.72. The maximum absolute atomic E-state index is 12.2. The number of hydrogen-bond donors (Lipinski definition) is 3. The van der Waals surface area contributed by atoms with Crippen molar-refractivity contribution in [1.82, 2.24) is 20.9 Å². The average Bonchev–Trinajstić information content (AvgIpc) is 2.49. The summed E-state index contributed by atoms with van der Waals surface area (Å²) in [5.74, 6) is 0. The third kappa shape index (κ3) is 4.28. The topological polar surface area (TPSA) is 73.5 Å². The first-order valence-electron chi connectivity index (χ1n) is 7.72. The highest BCUT2D eigenvalue weighted by atomic mass is 16.2. The zero-order chi connectivity index (χ0) is 14.4. The summed E-state index contributed by atoms with van der Waals surface area (Å²) in [6, 6.07) is 0.456. The summed E-state index contributed by atoms with van der Waals surface area (Å²) >= 11 is 0. The van der Waals surface area contributed by atoms with Gasteiger partial charge in [0.05, 0.1) is 0 Å². The van der Waals surface area contributed by atoms with Gasteiger partial charge in [-0.15, -0.1) is 0 Å². The predicted molar refractivity (Wildman–Crippen MR) is 77.6 cm³/mol. The van der Waals surface area contributed by atoms with E-state index in [1.165, 1.54) is 19.3 Å². The Labute approximate surface area is 120 Å². The van der Waals surface area contributed by atoms with Gasteiger partial charge >= 0.3 is 12.1 Å². The Morgan fingerprint density at radius 2 is 1.50 bits per heavy atom. The maximum Gasteiger partial charge on any atom is 0.317 e. The van der Waals surface area contributed by atoms with Crippen LogP contribution in [0.25, 0.3) is 0 Å². The van der Waals surface area contributed by atoms with Crippen molar-refractivity contribution in [3.63, 3.8) is 0 Å². The van der Waals surface area contributed by atoms with E-state index in [0.717, 1.165) is 25.7 Å². The van der Waals surface area contributed by atoms with Crippen molar-refractivity contribution in [2.45, 2.75) is 57.0 Å². The molecule has 1 aliphatic heterocycles. The number of carbonyl (C=O) groups is 2. The van der Waals surface area contributed by atoms with E-state index >= 15 is 0 Å². The molecule has 0 radical (unpaired) electrons. The molecule has 0 aromatic rings. The Morgan fingerprint density at radius 3 is 2.10 bits per heavy atom. The van der Waals surface area contributed by atoms with E-state index in [2.05, 4.69) is 16.0 Å². The predicted octanol–water partition coefficient (Wildman–Crippen LogP) is 1.42. The molecule has 1 saturated carbocycles. The fourth-order valence-corrected chi connectivity index (χ4v) is 3.00. The molecule has 6 heteroatoms. The van der Waals surface area contributed by atoms with Crippen LogP contribution < -0.4 is 16.0 Å². The number of piperidine rings is 1. The van der Waals surface area contributed by atoms with Crippen LogP contribution in [-0.4, -0.2) is 49.2 Å². The minimum atomic E-state index is -0.143. The molecule has 2 fully saturated rings. The number of hydrogen-bond acceptors (Lipinski definition) is 2. The van der Waals surface area contributed by atoms with Gasteiger partial charge in [-0.2, -0.15) is 0 Å². The number of nitrogens with zero attached hydrogens (tertiary/aromatic N) is 1. The van der Waals surface area contributed by atoms with Gasteiger partial charge in [0.15, 0.2) is 0 Å². The molecule has 20 heavy (non-hydrogen) atoms. The molecule has 0 spiro atoms. The van der Waals surface area contributed by atoms with Crippen molar-refractivity contribution in [3.05, 3.63) is 0 Å². The van der Waals surface area contributed by atoms with Gasteiger partial charge in [0.1, 0.15) is 0 Å². The number of amides is 4. The van der Waals surface area contributed by atoms with Crippen LogP contribution in [0.15, 0.2) is 0 Å². The largest absolute Gasteiger partial charge is 0.341 e. The monoisotopic (exact) mass is 282 g/mol. The van der Waals surface area contributed by atoms with Crippen LogP contribution in [0.2, 0.25) is 0 Å². The molecule has 1 heterocycles. The molecule has 2 rings (SSSR count). The van der Waals surface area contributed by atoms with Crippen molar-refractivity contribution in [3.8, 4) is 0 Å². The number of rotatable bonds is 2. The van der Waals surface area contributed by atoms with E-state index in [-0.39, 0.29) is 18.1 Å². The molecule has 1 saturated heterocycles. The highest BCUT2D eigenvalue weighted by Crippen LogP contribution is 2.18. The molecular formula is C14H26N4O2. The first kappa shape index (κ1) is 14.9. The van der Waals surface area contributed by atoms with Gasteiger partial charge < -0.3 is 20.9 Å². The molecule has 114 valence electrons. The van der Waals surface area contributed by atoms with Crippen LogP contribution in [0, 0.1) is 0 Å². The summed E-state index contributed by atoms with van der Waals surface area (Å²) < 4.78 is 0. The number of likely N-dealkylation sites (tertiary alicyclic amines) is 1. The first-order chi connectivity index (χ1) is 9.69. The van der Waals surface area contributed by atoms with Crippen molar-refractivity contribution in [2.24, 2.45) is 0 Å². The summed E-state index contributed by atoms with van der Waals surface area (Å²) in [7, 11) is 1.61. The van der Waals surface area contributed by atoms with Gasteiger partial charge in [0.2, 0.25) is 0 Å². The Hall–Kier alpha value is -1.46. The summed E-state index contributed by atoms with van der Waals surface area (Å²) in [5, 5.41) is 8.60. The second-order valence-electron chi connectivity index (χ2n) is 5.77. The smallest absolute Gasteiger partial charge is 0.317 e. The molecule has 0 unspecified atom stereocenters. The van der Waals surface area contributed by atoms with Crippen LogP contribution in [0.4, 0.5) is 9.59 Å². The lowest BCUT2D eigenvalue weighted by atomic mass is 9.95. The lowest BCUT2D eigenvalue weighted by Gasteiger charge is -2.34. The van der Waals surface area contributed by atoms with Crippen LogP contribution >= 0.6 is 0 Å². The summed E-state index contributed by atoms with van der Waals surface area (Å²) in [5.41, 5.74) is 0. The molecule has 0 bridgehead atoms. The Kier molecular flexibility index (Phi) is 5.49. The molecular weight excluding hydrogens is 256 g/mol. The second kappa shape index (κ2) is 7.36. The molecule has 2 aliphatic rings. The van der Waals surface area contributed by atoms with Gasteiger partial charge in [-0.1, -0.05) is 19.3 Å². The Morgan fingerprint density at radius 1 is 0.900 bits per heavy atom. The Balaban J connectivity index is 1.69. The van der Waals surface area contributed by atoms with E-state index in [1.807, 2.05) is 4.90 Å². The van der Waals surface area contributed by atoms with Crippen molar-refractivity contribution >= 4 is 12.1 Å². The van der Waals surface area contributed by atoms with Crippen LogP contribution in [0.3, 0.4) is 0 Å². The van der Waals surface area contributed by atoms with E-state index < -0.39 is 0 Å². The summed E-state index contributed by atoms with van der Waals surface area (Å²) in [6.45, 7) is 1.43.